The van der Waals surface area contributed by atoms with E-state index in [2.05, 4.69) is 16.8 Å². The zero-order chi connectivity index (χ0) is 13.9. The quantitative estimate of drug-likeness (QED) is 0.857. The molecule has 0 radical (unpaired) electrons. The van der Waals surface area contributed by atoms with Crippen molar-refractivity contribution in [3.8, 4) is 0 Å². The van der Waals surface area contributed by atoms with Crippen molar-refractivity contribution in [1.29, 1.82) is 0 Å². The molecule has 0 bridgehead atoms. The fourth-order valence-electron chi connectivity index (χ4n) is 2.44. The number of nitrogens with zero attached hydrogens (tertiary/aromatic N) is 1. The lowest BCUT2D eigenvalue weighted by molar-refractivity contribution is 0.0924. The van der Waals surface area contributed by atoms with Gasteiger partial charge in [-0.3, -0.25) is 4.79 Å². The van der Waals surface area contributed by atoms with E-state index in [4.69, 9.17) is 5.73 Å². The molecular weight excluding hydrogens is 306 g/mol. The second-order valence-electron chi connectivity index (χ2n) is 5.25. The molecule has 0 aliphatic heterocycles. The van der Waals surface area contributed by atoms with Gasteiger partial charge < -0.3 is 15.6 Å². The molecule has 6 heteroatoms. The van der Waals surface area contributed by atoms with Gasteiger partial charge in [0.15, 0.2) is 0 Å². The van der Waals surface area contributed by atoms with E-state index in [0.717, 1.165) is 6.54 Å². The van der Waals surface area contributed by atoms with Gasteiger partial charge in [-0.1, -0.05) is 6.07 Å². The number of halogens is 1. The first-order valence-electron chi connectivity index (χ1n) is 6.96. The Kier molecular flexibility index (Phi) is 5.45. The van der Waals surface area contributed by atoms with Crippen molar-refractivity contribution in [3.05, 3.63) is 46.4 Å². The van der Waals surface area contributed by atoms with Gasteiger partial charge in [-0.05, 0) is 42.3 Å². The van der Waals surface area contributed by atoms with Gasteiger partial charge in [0.25, 0.3) is 5.91 Å². The number of rotatable bonds is 6. The maximum absolute atomic E-state index is 12.4. The van der Waals surface area contributed by atoms with Gasteiger partial charge in [-0.15, -0.1) is 23.7 Å². The molecule has 4 nitrogen and oxygen atoms in total. The van der Waals surface area contributed by atoms with Gasteiger partial charge in [-0.25, -0.2) is 0 Å². The number of thiophene rings is 1. The number of aromatic nitrogens is 1. The van der Waals surface area contributed by atoms with E-state index in [-0.39, 0.29) is 24.4 Å². The third-order valence-corrected chi connectivity index (χ3v) is 4.59. The molecule has 1 saturated carbocycles. The molecule has 1 atom stereocenters. The topological polar surface area (TPSA) is 60.0 Å². The normalized spacial score (nSPS) is 15.3. The minimum Gasteiger partial charge on any atom is -0.346 e. The van der Waals surface area contributed by atoms with E-state index < -0.39 is 0 Å². The molecule has 0 saturated heterocycles. The first kappa shape index (κ1) is 16.1. The second kappa shape index (κ2) is 7.11. The summed E-state index contributed by atoms with van der Waals surface area (Å²) in [5.41, 5.74) is 6.45. The highest BCUT2D eigenvalue weighted by atomic mass is 35.5. The number of nitrogens with two attached hydrogens (primary N) is 1. The van der Waals surface area contributed by atoms with E-state index in [1.807, 2.05) is 29.0 Å². The second-order valence-corrected chi connectivity index (χ2v) is 6.29. The summed E-state index contributed by atoms with van der Waals surface area (Å²) >= 11 is 1.70. The zero-order valence-electron chi connectivity index (χ0n) is 11.7. The summed E-state index contributed by atoms with van der Waals surface area (Å²) in [5.74, 6) is 0.554. The third-order valence-electron chi connectivity index (χ3n) is 3.73. The average Bonchev–Trinajstić information content (AvgIpc) is 2.97. The van der Waals surface area contributed by atoms with Gasteiger partial charge in [0.05, 0.1) is 6.54 Å². The first-order chi connectivity index (χ1) is 9.78. The third kappa shape index (κ3) is 3.87. The zero-order valence-corrected chi connectivity index (χ0v) is 13.3. The number of hydrogen-bond donors (Lipinski definition) is 2. The molecule has 1 fully saturated rings. The summed E-state index contributed by atoms with van der Waals surface area (Å²) in [6, 6.07) is 8.01. The number of amides is 1. The average molecular weight is 326 g/mol. The van der Waals surface area contributed by atoms with Crippen LogP contribution in [0.25, 0.3) is 0 Å². The molecule has 1 aliphatic rings. The summed E-state index contributed by atoms with van der Waals surface area (Å²) in [4.78, 5) is 13.6. The Morgan fingerprint density at radius 1 is 1.43 bits per heavy atom. The molecule has 21 heavy (non-hydrogen) atoms. The van der Waals surface area contributed by atoms with Crippen LogP contribution in [0.4, 0.5) is 0 Å². The van der Waals surface area contributed by atoms with Crippen molar-refractivity contribution in [2.24, 2.45) is 11.7 Å². The lowest BCUT2D eigenvalue weighted by Crippen LogP contribution is -2.42. The Balaban J connectivity index is 0.00000161. The Morgan fingerprint density at radius 3 is 2.86 bits per heavy atom. The minimum absolute atomic E-state index is 0. The number of carbonyl (C=O) groups excluding carboxylic acids is 1. The van der Waals surface area contributed by atoms with Crippen LogP contribution in [0, 0.1) is 5.92 Å². The van der Waals surface area contributed by atoms with Crippen LogP contribution in [0.15, 0.2) is 35.8 Å². The van der Waals surface area contributed by atoms with Crippen LogP contribution in [0.2, 0.25) is 0 Å². The molecule has 3 N–H and O–H groups in total. The lowest BCUT2D eigenvalue weighted by atomic mass is 10.2. The minimum atomic E-state index is -0.0195. The van der Waals surface area contributed by atoms with Crippen molar-refractivity contribution in [1.82, 2.24) is 9.88 Å². The van der Waals surface area contributed by atoms with Crippen LogP contribution in [-0.2, 0) is 6.54 Å². The standard InChI is InChI=1S/C15H19N3OS.ClH/c16-9-13(11-5-6-11)17-15(19)14-4-1-7-18(14)10-12-3-2-8-20-12;/h1-4,7-8,11,13H,5-6,9-10,16H2,(H,17,19);1H. The molecule has 3 rings (SSSR count). The highest BCUT2D eigenvalue weighted by molar-refractivity contribution is 7.09. The van der Waals surface area contributed by atoms with Gasteiger partial charge >= 0.3 is 0 Å². The summed E-state index contributed by atoms with van der Waals surface area (Å²) in [5, 5.41) is 5.12. The summed E-state index contributed by atoms with van der Waals surface area (Å²) in [7, 11) is 0. The van der Waals surface area contributed by atoms with Crippen molar-refractivity contribution in [3.63, 3.8) is 0 Å². The largest absolute Gasteiger partial charge is 0.346 e. The number of hydrogen-bond acceptors (Lipinski definition) is 3. The fraction of sp³-hybridized carbons (Fsp3) is 0.400. The molecule has 0 aromatic carbocycles. The fourth-order valence-corrected chi connectivity index (χ4v) is 3.14. The molecular formula is C15H20ClN3OS. The Hall–Kier alpha value is -1.30. The van der Waals surface area contributed by atoms with Gasteiger partial charge in [0.1, 0.15) is 5.69 Å². The Labute approximate surface area is 134 Å². The van der Waals surface area contributed by atoms with Crippen molar-refractivity contribution in [2.45, 2.75) is 25.4 Å². The Morgan fingerprint density at radius 2 is 2.24 bits per heavy atom. The van der Waals surface area contributed by atoms with Crippen molar-refractivity contribution < 1.29 is 4.79 Å². The molecule has 2 aromatic rings. The highest BCUT2D eigenvalue weighted by Crippen LogP contribution is 2.32. The van der Waals surface area contributed by atoms with Gasteiger partial charge in [-0.2, -0.15) is 0 Å². The van der Waals surface area contributed by atoms with Crippen LogP contribution < -0.4 is 11.1 Å². The molecule has 0 spiro atoms. The van der Waals surface area contributed by atoms with E-state index in [1.165, 1.54) is 17.7 Å². The molecule has 1 unspecified atom stereocenters. The monoisotopic (exact) mass is 325 g/mol. The van der Waals surface area contributed by atoms with E-state index in [1.54, 1.807) is 11.3 Å². The van der Waals surface area contributed by atoms with Gasteiger partial charge in [0.2, 0.25) is 0 Å². The van der Waals surface area contributed by atoms with Crippen LogP contribution in [0.1, 0.15) is 28.2 Å². The summed E-state index contributed by atoms with van der Waals surface area (Å²) in [6.07, 6.45) is 4.31. The molecule has 2 heterocycles. The van der Waals surface area contributed by atoms with Crippen LogP contribution in [-0.4, -0.2) is 23.1 Å². The van der Waals surface area contributed by atoms with Crippen LogP contribution >= 0.6 is 23.7 Å². The maximum Gasteiger partial charge on any atom is 0.268 e. The van der Waals surface area contributed by atoms with E-state index in [9.17, 15) is 4.79 Å². The van der Waals surface area contributed by atoms with E-state index >= 15 is 0 Å². The molecule has 1 amide bonds. The highest BCUT2D eigenvalue weighted by Gasteiger charge is 2.31. The first-order valence-corrected chi connectivity index (χ1v) is 7.84. The van der Waals surface area contributed by atoms with Gasteiger partial charge in [0, 0.05) is 23.7 Å². The number of nitrogens with one attached hydrogen (secondary N) is 1. The van der Waals surface area contributed by atoms with Crippen molar-refractivity contribution >= 4 is 29.7 Å². The summed E-state index contributed by atoms with van der Waals surface area (Å²) < 4.78 is 1.99. The maximum atomic E-state index is 12.4. The lowest BCUT2D eigenvalue weighted by Gasteiger charge is -2.16. The van der Waals surface area contributed by atoms with E-state index in [0.29, 0.717) is 18.2 Å². The SMILES string of the molecule is Cl.NCC(NC(=O)c1cccn1Cc1cccs1)C1CC1. The number of carbonyl (C=O) groups is 1. The van der Waals surface area contributed by atoms with Crippen LogP contribution in [0.3, 0.4) is 0 Å². The smallest absolute Gasteiger partial charge is 0.268 e. The molecule has 114 valence electrons. The molecule has 2 aromatic heterocycles. The Bertz CT molecular complexity index is 578. The predicted molar refractivity (Wildman–Crippen MR) is 88.1 cm³/mol. The molecule has 1 aliphatic carbocycles. The predicted octanol–water partition coefficient (Wildman–Crippen LogP) is 2.49. The van der Waals surface area contributed by atoms with Crippen molar-refractivity contribution in [2.75, 3.05) is 6.54 Å². The van der Waals surface area contributed by atoms with Crippen LogP contribution in [0.5, 0.6) is 0 Å². The summed E-state index contributed by atoms with van der Waals surface area (Å²) in [6.45, 7) is 1.26.